The van der Waals surface area contributed by atoms with Crippen molar-refractivity contribution in [2.75, 3.05) is 39.4 Å². The number of carbonyl (C=O) groups is 1. The van der Waals surface area contributed by atoms with Crippen LogP contribution in [-0.2, 0) is 9.53 Å². The molecule has 1 aliphatic heterocycles. The summed E-state index contributed by atoms with van der Waals surface area (Å²) in [5.41, 5.74) is 0. The van der Waals surface area contributed by atoms with Crippen LogP contribution in [0.5, 0.6) is 0 Å². The Morgan fingerprint density at radius 2 is 1.88 bits per heavy atom. The third-order valence-electron chi connectivity index (χ3n) is 2.38. The molecule has 1 fully saturated rings. The summed E-state index contributed by atoms with van der Waals surface area (Å²) < 4.78 is 5.26. The van der Waals surface area contributed by atoms with Crippen LogP contribution in [0.15, 0.2) is 0 Å². The predicted octanol–water partition coefficient (Wildman–Crippen LogP) is 1.26. The Balaban J connectivity index is 0.00000106. The molecule has 1 N–H and O–H groups in total. The van der Waals surface area contributed by atoms with Crippen LogP contribution in [0.2, 0.25) is 0 Å². The quantitative estimate of drug-likeness (QED) is 0.723. The van der Waals surface area contributed by atoms with E-state index >= 15 is 0 Å². The first-order chi connectivity index (χ1) is 7.79. The smallest absolute Gasteiger partial charge is 0.216 e. The van der Waals surface area contributed by atoms with Crippen molar-refractivity contribution in [3.05, 3.63) is 0 Å². The minimum atomic E-state index is 0.0661. The Morgan fingerprint density at radius 3 is 2.44 bits per heavy atom. The highest BCUT2D eigenvalue weighted by atomic mass is 16.5. The maximum absolute atomic E-state index is 10.6. The lowest BCUT2D eigenvalue weighted by molar-refractivity contribution is -0.118. The number of nitrogens with zero attached hydrogens (tertiary/aromatic N) is 1. The van der Waals surface area contributed by atoms with Gasteiger partial charge in [0.05, 0.1) is 13.2 Å². The fourth-order valence-electron chi connectivity index (χ4n) is 1.55. The highest BCUT2D eigenvalue weighted by Gasteiger charge is 2.08. The first-order valence-electron chi connectivity index (χ1n) is 6.33. The molecule has 0 bridgehead atoms. The normalized spacial score (nSPS) is 16.2. The number of hydrogen-bond donors (Lipinski definition) is 1. The molecule has 1 rings (SSSR count). The van der Waals surface area contributed by atoms with Crippen molar-refractivity contribution in [1.82, 2.24) is 10.2 Å². The third-order valence-corrected chi connectivity index (χ3v) is 2.38. The van der Waals surface area contributed by atoms with Crippen LogP contribution in [-0.4, -0.2) is 50.2 Å². The molecule has 1 heterocycles. The number of ether oxygens (including phenoxy) is 1. The van der Waals surface area contributed by atoms with Gasteiger partial charge in [-0.2, -0.15) is 0 Å². The average Bonchev–Trinajstić information content (AvgIpc) is 2.32. The third kappa shape index (κ3) is 8.68. The lowest BCUT2D eigenvalue weighted by atomic mass is 10.2. The van der Waals surface area contributed by atoms with Crippen LogP contribution in [0.3, 0.4) is 0 Å². The molecule has 0 atom stereocenters. The molecule has 96 valence electrons. The first-order valence-corrected chi connectivity index (χ1v) is 6.33. The van der Waals surface area contributed by atoms with E-state index < -0.39 is 0 Å². The van der Waals surface area contributed by atoms with E-state index in [1.807, 2.05) is 13.8 Å². The van der Waals surface area contributed by atoms with Crippen molar-refractivity contribution in [2.45, 2.75) is 33.6 Å². The highest BCUT2D eigenvalue weighted by Crippen LogP contribution is 1.99. The molecule has 1 aliphatic rings. The lowest BCUT2D eigenvalue weighted by Gasteiger charge is -2.26. The Bertz CT molecular complexity index is 168. The largest absolute Gasteiger partial charge is 0.379 e. The van der Waals surface area contributed by atoms with E-state index in [9.17, 15) is 4.79 Å². The maximum Gasteiger partial charge on any atom is 0.216 e. The van der Waals surface area contributed by atoms with Gasteiger partial charge in [-0.05, 0) is 19.4 Å². The number of unbranched alkanes of at least 4 members (excludes halogenated alkanes) is 1. The predicted molar refractivity (Wildman–Crippen MR) is 66.5 cm³/mol. The number of morpholine rings is 1. The fourth-order valence-corrected chi connectivity index (χ4v) is 1.55. The number of amides is 1. The monoisotopic (exact) mass is 230 g/mol. The number of hydrogen-bond acceptors (Lipinski definition) is 3. The fraction of sp³-hybridized carbons (Fsp3) is 0.917. The molecule has 0 aromatic heterocycles. The zero-order valence-electron chi connectivity index (χ0n) is 10.9. The molecule has 4 heteroatoms. The van der Waals surface area contributed by atoms with Crippen molar-refractivity contribution in [1.29, 1.82) is 0 Å². The van der Waals surface area contributed by atoms with E-state index in [1.165, 1.54) is 0 Å². The number of rotatable bonds is 5. The van der Waals surface area contributed by atoms with E-state index in [4.69, 9.17) is 4.74 Å². The van der Waals surface area contributed by atoms with Crippen LogP contribution in [0.1, 0.15) is 33.6 Å². The second-order valence-electron chi connectivity index (χ2n) is 3.64. The van der Waals surface area contributed by atoms with Gasteiger partial charge in [0.1, 0.15) is 0 Å². The van der Waals surface area contributed by atoms with Crippen molar-refractivity contribution in [3.8, 4) is 0 Å². The standard InChI is InChI=1S/C10H20N2O2.C2H6/c1-10(13)11-4-2-3-5-12-6-8-14-9-7-12;1-2/h2-9H2,1H3,(H,11,13);1-2H3. The number of carbonyl (C=O) groups excluding carboxylic acids is 1. The van der Waals surface area contributed by atoms with E-state index in [1.54, 1.807) is 6.92 Å². The van der Waals surface area contributed by atoms with Crippen LogP contribution in [0, 0.1) is 0 Å². The summed E-state index contributed by atoms with van der Waals surface area (Å²) in [6.07, 6.45) is 2.22. The molecular formula is C12H26N2O2. The van der Waals surface area contributed by atoms with Gasteiger partial charge < -0.3 is 10.1 Å². The van der Waals surface area contributed by atoms with Crippen molar-refractivity contribution in [3.63, 3.8) is 0 Å². The number of nitrogens with one attached hydrogen (secondary N) is 1. The summed E-state index contributed by atoms with van der Waals surface area (Å²) in [6, 6.07) is 0. The van der Waals surface area contributed by atoms with Gasteiger partial charge in [0.15, 0.2) is 0 Å². The van der Waals surface area contributed by atoms with Gasteiger partial charge in [0, 0.05) is 26.6 Å². The molecule has 0 saturated carbocycles. The van der Waals surface area contributed by atoms with Gasteiger partial charge in [-0.3, -0.25) is 9.69 Å². The summed E-state index contributed by atoms with van der Waals surface area (Å²) in [7, 11) is 0. The van der Waals surface area contributed by atoms with Gasteiger partial charge in [-0.25, -0.2) is 0 Å². The Hall–Kier alpha value is -0.610. The SMILES string of the molecule is CC.CC(=O)NCCCCN1CCOCC1. The van der Waals surface area contributed by atoms with Crippen molar-refractivity contribution in [2.24, 2.45) is 0 Å². The van der Waals surface area contributed by atoms with E-state index in [-0.39, 0.29) is 5.91 Å². The summed E-state index contributed by atoms with van der Waals surface area (Å²) in [5, 5.41) is 2.80. The van der Waals surface area contributed by atoms with Crippen molar-refractivity contribution >= 4 is 5.91 Å². The zero-order chi connectivity index (χ0) is 12.2. The minimum Gasteiger partial charge on any atom is -0.379 e. The lowest BCUT2D eigenvalue weighted by Crippen LogP contribution is -2.37. The average molecular weight is 230 g/mol. The van der Waals surface area contributed by atoms with Crippen molar-refractivity contribution < 1.29 is 9.53 Å². The first kappa shape index (κ1) is 15.4. The molecular weight excluding hydrogens is 204 g/mol. The molecule has 1 amide bonds. The molecule has 0 spiro atoms. The van der Waals surface area contributed by atoms with Crippen LogP contribution < -0.4 is 5.32 Å². The van der Waals surface area contributed by atoms with Crippen LogP contribution in [0.4, 0.5) is 0 Å². The van der Waals surface area contributed by atoms with Gasteiger partial charge in [-0.15, -0.1) is 0 Å². The molecule has 4 nitrogen and oxygen atoms in total. The van der Waals surface area contributed by atoms with Gasteiger partial charge in [0.2, 0.25) is 5.91 Å². The molecule has 0 radical (unpaired) electrons. The highest BCUT2D eigenvalue weighted by molar-refractivity contribution is 5.72. The zero-order valence-corrected chi connectivity index (χ0v) is 10.9. The Morgan fingerprint density at radius 1 is 1.25 bits per heavy atom. The summed E-state index contributed by atoms with van der Waals surface area (Å²) in [4.78, 5) is 13.0. The van der Waals surface area contributed by atoms with E-state index in [0.29, 0.717) is 0 Å². The summed E-state index contributed by atoms with van der Waals surface area (Å²) in [6.45, 7) is 11.3. The van der Waals surface area contributed by atoms with Gasteiger partial charge in [-0.1, -0.05) is 13.8 Å². The van der Waals surface area contributed by atoms with E-state index in [2.05, 4.69) is 10.2 Å². The molecule has 0 aromatic rings. The van der Waals surface area contributed by atoms with Crippen LogP contribution >= 0.6 is 0 Å². The summed E-state index contributed by atoms with van der Waals surface area (Å²) in [5.74, 6) is 0.0661. The molecule has 0 unspecified atom stereocenters. The van der Waals surface area contributed by atoms with Gasteiger partial charge >= 0.3 is 0 Å². The molecule has 1 saturated heterocycles. The second kappa shape index (κ2) is 10.9. The Kier molecular flexibility index (Phi) is 10.5. The Labute approximate surface area is 99.3 Å². The van der Waals surface area contributed by atoms with E-state index in [0.717, 1.165) is 52.2 Å². The molecule has 0 aromatic carbocycles. The second-order valence-corrected chi connectivity index (χ2v) is 3.64. The summed E-state index contributed by atoms with van der Waals surface area (Å²) >= 11 is 0. The molecule has 16 heavy (non-hydrogen) atoms. The van der Waals surface area contributed by atoms with Crippen LogP contribution in [0.25, 0.3) is 0 Å². The topological polar surface area (TPSA) is 41.6 Å². The minimum absolute atomic E-state index is 0.0661. The maximum atomic E-state index is 10.6. The molecule has 0 aliphatic carbocycles. The van der Waals surface area contributed by atoms with Gasteiger partial charge in [0.25, 0.3) is 0 Å².